The molecule has 1 N–H and O–H groups in total. The first-order valence-corrected chi connectivity index (χ1v) is 9.09. The molecule has 150 valence electrons. The fourth-order valence-electron chi connectivity index (χ4n) is 2.68. The van der Waals surface area contributed by atoms with Gasteiger partial charge >= 0.3 is 0 Å². The first kappa shape index (κ1) is 20.5. The third-order valence-corrected chi connectivity index (χ3v) is 4.44. The summed E-state index contributed by atoms with van der Waals surface area (Å²) >= 11 is 5.76. The van der Waals surface area contributed by atoms with Crippen LogP contribution < -0.4 is 19.5 Å². The van der Waals surface area contributed by atoms with Gasteiger partial charge in [0.1, 0.15) is 6.61 Å². The summed E-state index contributed by atoms with van der Waals surface area (Å²) in [6.07, 6.45) is 0. The molecule has 1 amide bonds. The quantitative estimate of drug-likeness (QED) is 0.566. The van der Waals surface area contributed by atoms with Crippen LogP contribution in [0.1, 0.15) is 15.9 Å². The summed E-state index contributed by atoms with van der Waals surface area (Å²) in [5.74, 6) is -0.250. The van der Waals surface area contributed by atoms with E-state index in [0.29, 0.717) is 23.9 Å². The van der Waals surface area contributed by atoms with Gasteiger partial charge in [0.2, 0.25) is 5.75 Å². The van der Waals surface area contributed by atoms with Crippen molar-refractivity contribution in [3.63, 3.8) is 0 Å². The van der Waals surface area contributed by atoms with E-state index in [0.717, 1.165) is 5.56 Å². The van der Waals surface area contributed by atoms with Crippen molar-refractivity contribution in [2.24, 2.45) is 0 Å². The first-order chi connectivity index (χ1) is 14.0. The highest BCUT2D eigenvalue weighted by Gasteiger charge is 2.19. The second kappa shape index (κ2) is 9.30. The molecule has 0 spiro atoms. The molecular weight excluding hydrogens is 397 g/mol. The van der Waals surface area contributed by atoms with Gasteiger partial charge in [-0.25, -0.2) is 4.39 Å². The Morgan fingerprint density at radius 2 is 1.66 bits per heavy atom. The number of methoxy groups -OCH3 is 2. The first-order valence-electron chi connectivity index (χ1n) is 8.71. The van der Waals surface area contributed by atoms with E-state index in [4.69, 9.17) is 25.8 Å². The van der Waals surface area contributed by atoms with Crippen molar-refractivity contribution in [3.8, 4) is 17.2 Å². The molecule has 3 aromatic carbocycles. The molecule has 0 aliphatic carbocycles. The Labute approximate surface area is 173 Å². The van der Waals surface area contributed by atoms with Crippen molar-refractivity contribution < 1.29 is 23.4 Å². The molecule has 3 rings (SSSR count). The van der Waals surface area contributed by atoms with E-state index in [-0.39, 0.29) is 16.3 Å². The minimum atomic E-state index is -0.704. The Balaban J connectivity index is 1.86. The Bertz CT molecular complexity index is 986. The van der Waals surface area contributed by atoms with Gasteiger partial charge < -0.3 is 19.5 Å². The second-order valence-electron chi connectivity index (χ2n) is 6.04. The molecule has 5 nitrogen and oxygen atoms in total. The summed E-state index contributed by atoms with van der Waals surface area (Å²) in [6, 6.07) is 17.0. The van der Waals surface area contributed by atoms with Gasteiger partial charge in [-0.2, -0.15) is 0 Å². The number of hydrogen-bond donors (Lipinski definition) is 1. The standard InChI is InChI=1S/C22H19ClFNO4/c1-27-18-11-15(22(26)25-17-10-6-9-16(23)20(17)24)12-19(28-2)21(18)29-13-14-7-4-3-5-8-14/h3-12H,13H2,1-2H3,(H,25,26). The smallest absolute Gasteiger partial charge is 0.256 e. The van der Waals surface area contributed by atoms with Gasteiger partial charge in [0.15, 0.2) is 17.3 Å². The topological polar surface area (TPSA) is 56.8 Å². The van der Waals surface area contributed by atoms with Crippen LogP contribution in [0.15, 0.2) is 60.7 Å². The number of nitrogens with one attached hydrogen (secondary N) is 1. The molecule has 0 radical (unpaired) electrons. The summed E-state index contributed by atoms with van der Waals surface area (Å²) in [5, 5.41) is 2.42. The highest BCUT2D eigenvalue weighted by Crippen LogP contribution is 2.39. The van der Waals surface area contributed by atoms with Gasteiger partial charge in [0, 0.05) is 5.56 Å². The fourth-order valence-corrected chi connectivity index (χ4v) is 2.85. The molecule has 0 aromatic heterocycles. The van der Waals surface area contributed by atoms with Crippen LogP contribution in [0.3, 0.4) is 0 Å². The molecular formula is C22H19ClFNO4. The van der Waals surface area contributed by atoms with Crippen molar-refractivity contribution in [3.05, 3.63) is 82.6 Å². The van der Waals surface area contributed by atoms with Gasteiger partial charge in [0.05, 0.1) is 24.9 Å². The number of benzene rings is 3. The zero-order valence-corrected chi connectivity index (χ0v) is 16.6. The van der Waals surface area contributed by atoms with E-state index in [2.05, 4.69) is 5.32 Å². The maximum atomic E-state index is 14.1. The van der Waals surface area contributed by atoms with Crippen LogP contribution in [0, 0.1) is 5.82 Å². The summed E-state index contributed by atoms with van der Waals surface area (Å²) < 4.78 is 30.7. The van der Waals surface area contributed by atoms with Gasteiger partial charge in [-0.1, -0.05) is 48.0 Å². The molecule has 0 unspecified atom stereocenters. The number of anilines is 1. The van der Waals surface area contributed by atoms with E-state index in [9.17, 15) is 9.18 Å². The van der Waals surface area contributed by atoms with Crippen molar-refractivity contribution in [2.75, 3.05) is 19.5 Å². The molecule has 29 heavy (non-hydrogen) atoms. The molecule has 0 saturated heterocycles. The maximum Gasteiger partial charge on any atom is 0.256 e. The van der Waals surface area contributed by atoms with Gasteiger partial charge in [0.25, 0.3) is 5.91 Å². The fraction of sp³-hybridized carbons (Fsp3) is 0.136. The van der Waals surface area contributed by atoms with Crippen molar-refractivity contribution in [1.82, 2.24) is 0 Å². The van der Waals surface area contributed by atoms with Crippen LogP contribution in [-0.4, -0.2) is 20.1 Å². The molecule has 0 aliphatic rings. The van der Waals surface area contributed by atoms with E-state index in [1.165, 1.54) is 38.5 Å². The average molecular weight is 416 g/mol. The number of amides is 1. The predicted molar refractivity (Wildman–Crippen MR) is 110 cm³/mol. The van der Waals surface area contributed by atoms with Crippen LogP contribution >= 0.6 is 11.6 Å². The lowest BCUT2D eigenvalue weighted by Crippen LogP contribution is -2.14. The summed E-state index contributed by atoms with van der Waals surface area (Å²) in [6.45, 7) is 0.298. The van der Waals surface area contributed by atoms with Gasteiger partial charge in [-0.15, -0.1) is 0 Å². The number of rotatable bonds is 7. The van der Waals surface area contributed by atoms with E-state index in [1.807, 2.05) is 30.3 Å². The molecule has 0 bridgehead atoms. The Hall–Kier alpha value is -3.25. The minimum absolute atomic E-state index is 0.0233. The highest BCUT2D eigenvalue weighted by molar-refractivity contribution is 6.31. The van der Waals surface area contributed by atoms with Crippen LogP contribution in [0.25, 0.3) is 0 Å². The highest BCUT2D eigenvalue weighted by atomic mass is 35.5. The number of ether oxygens (including phenoxy) is 3. The van der Waals surface area contributed by atoms with Crippen LogP contribution in [0.4, 0.5) is 10.1 Å². The third kappa shape index (κ3) is 4.78. The Morgan fingerprint density at radius 1 is 1.00 bits per heavy atom. The minimum Gasteiger partial charge on any atom is -0.493 e. The normalized spacial score (nSPS) is 10.3. The summed E-state index contributed by atoms with van der Waals surface area (Å²) in [5.41, 5.74) is 1.16. The monoisotopic (exact) mass is 415 g/mol. The van der Waals surface area contributed by atoms with Crippen molar-refractivity contribution in [2.45, 2.75) is 6.61 Å². The molecule has 7 heteroatoms. The molecule has 0 saturated carbocycles. The van der Waals surface area contributed by atoms with Crippen molar-refractivity contribution in [1.29, 1.82) is 0 Å². The molecule has 0 heterocycles. The van der Waals surface area contributed by atoms with Gasteiger partial charge in [-0.05, 0) is 29.8 Å². The van der Waals surface area contributed by atoms with E-state index in [1.54, 1.807) is 6.07 Å². The number of carbonyl (C=O) groups excluding carboxylic acids is 1. The maximum absolute atomic E-state index is 14.1. The Morgan fingerprint density at radius 3 is 2.28 bits per heavy atom. The largest absolute Gasteiger partial charge is 0.493 e. The lowest BCUT2D eigenvalue weighted by molar-refractivity contribution is 0.102. The number of hydrogen-bond acceptors (Lipinski definition) is 4. The molecule has 3 aromatic rings. The lowest BCUT2D eigenvalue weighted by atomic mass is 10.1. The predicted octanol–water partition coefficient (Wildman–Crippen LogP) is 5.33. The van der Waals surface area contributed by atoms with E-state index < -0.39 is 11.7 Å². The van der Waals surface area contributed by atoms with Crippen LogP contribution in [-0.2, 0) is 6.61 Å². The zero-order valence-electron chi connectivity index (χ0n) is 15.9. The SMILES string of the molecule is COc1cc(C(=O)Nc2cccc(Cl)c2F)cc(OC)c1OCc1ccccc1. The zero-order chi connectivity index (χ0) is 20.8. The third-order valence-electron chi connectivity index (χ3n) is 4.15. The molecule has 0 aliphatic heterocycles. The van der Waals surface area contributed by atoms with Crippen molar-refractivity contribution >= 4 is 23.2 Å². The van der Waals surface area contributed by atoms with Gasteiger partial charge in [-0.3, -0.25) is 4.79 Å². The number of carbonyl (C=O) groups is 1. The number of halogens is 2. The van der Waals surface area contributed by atoms with E-state index >= 15 is 0 Å². The average Bonchev–Trinajstić information content (AvgIpc) is 2.75. The second-order valence-corrected chi connectivity index (χ2v) is 6.45. The lowest BCUT2D eigenvalue weighted by Gasteiger charge is -2.16. The molecule has 0 atom stereocenters. The van der Waals surface area contributed by atoms with Crippen LogP contribution in [0.5, 0.6) is 17.2 Å². The Kier molecular flexibility index (Phi) is 6.57. The molecule has 0 fully saturated rings. The van der Waals surface area contributed by atoms with Crippen LogP contribution in [0.2, 0.25) is 5.02 Å². The summed E-state index contributed by atoms with van der Waals surface area (Å²) in [7, 11) is 2.92. The summed E-state index contributed by atoms with van der Waals surface area (Å²) in [4.78, 5) is 12.6.